The van der Waals surface area contributed by atoms with Crippen molar-refractivity contribution in [1.82, 2.24) is 0 Å². The average Bonchev–Trinajstić information content (AvgIpc) is 2.45. The van der Waals surface area contributed by atoms with Gasteiger partial charge >= 0.3 is 5.97 Å². The van der Waals surface area contributed by atoms with E-state index in [1.54, 1.807) is 13.0 Å². The van der Waals surface area contributed by atoms with Crippen LogP contribution in [-0.4, -0.2) is 22.3 Å². The summed E-state index contributed by atoms with van der Waals surface area (Å²) in [6.45, 7) is 1.74. The zero-order chi connectivity index (χ0) is 10.3. The van der Waals surface area contributed by atoms with Gasteiger partial charge in [0.15, 0.2) is 0 Å². The highest BCUT2D eigenvalue weighted by Gasteiger charge is 2.52. The molecular weight excluding hydrogens is 184 g/mol. The molecule has 0 unspecified atom stereocenters. The molecule has 14 heavy (non-hydrogen) atoms. The van der Waals surface area contributed by atoms with E-state index < -0.39 is 17.5 Å². The first-order valence-corrected chi connectivity index (χ1v) is 4.52. The fourth-order valence-electron chi connectivity index (χ4n) is 2.14. The number of furan rings is 1. The minimum absolute atomic E-state index is 0.280. The van der Waals surface area contributed by atoms with Crippen LogP contribution in [0.25, 0.3) is 0 Å². The lowest BCUT2D eigenvalue weighted by molar-refractivity contribution is -0.153. The van der Waals surface area contributed by atoms with Crippen molar-refractivity contribution >= 4 is 5.97 Å². The van der Waals surface area contributed by atoms with E-state index in [1.807, 2.05) is 0 Å². The van der Waals surface area contributed by atoms with Crippen molar-refractivity contribution < 1.29 is 19.4 Å². The summed E-state index contributed by atoms with van der Waals surface area (Å²) in [5, 5.41) is 18.4. The normalized spacial score (nSPS) is 31.1. The number of hydrogen-bond acceptors (Lipinski definition) is 3. The molecule has 0 aliphatic heterocycles. The largest absolute Gasteiger partial charge is 0.481 e. The van der Waals surface area contributed by atoms with E-state index in [0.717, 1.165) is 0 Å². The van der Waals surface area contributed by atoms with Gasteiger partial charge in [-0.2, -0.15) is 0 Å². The van der Waals surface area contributed by atoms with Crippen LogP contribution < -0.4 is 0 Å². The van der Waals surface area contributed by atoms with Crippen LogP contribution in [0.2, 0.25) is 0 Å². The molecule has 1 saturated carbocycles. The van der Waals surface area contributed by atoms with Crippen LogP contribution in [-0.2, 0) is 10.2 Å². The fourth-order valence-corrected chi connectivity index (χ4v) is 2.14. The summed E-state index contributed by atoms with van der Waals surface area (Å²) in [7, 11) is 0. The first-order valence-electron chi connectivity index (χ1n) is 4.52. The minimum atomic E-state index is -0.920. The van der Waals surface area contributed by atoms with Gasteiger partial charge in [-0.3, -0.25) is 4.79 Å². The number of aliphatic hydroxyl groups is 1. The van der Waals surface area contributed by atoms with Crippen LogP contribution in [0.4, 0.5) is 0 Å². The summed E-state index contributed by atoms with van der Waals surface area (Å²) in [6, 6.07) is 1.68. The van der Waals surface area contributed by atoms with E-state index in [4.69, 9.17) is 9.52 Å². The number of rotatable bonds is 2. The van der Waals surface area contributed by atoms with E-state index in [-0.39, 0.29) is 12.8 Å². The number of hydrogen-bond donors (Lipinski definition) is 2. The maximum absolute atomic E-state index is 11.1. The molecule has 0 saturated heterocycles. The zero-order valence-corrected chi connectivity index (χ0v) is 7.86. The van der Waals surface area contributed by atoms with Gasteiger partial charge in [0.1, 0.15) is 11.2 Å². The SMILES string of the molecule is Cc1occc1C1(C(=O)O)CC(O)C1. The van der Waals surface area contributed by atoms with Crippen molar-refractivity contribution in [3.8, 4) is 0 Å². The van der Waals surface area contributed by atoms with E-state index >= 15 is 0 Å². The third kappa shape index (κ3) is 1.07. The van der Waals surface area contributed by atoms with Crippen molar-refractivity contribution in [3.63, 3.8) is 0 Å². The maximum Gasteiger partial charge on any atom is 0.314 e. The molecule has 76 valence electrons. The van der Waals surface area contributed by atoms with Gasteiger partial charge in [-0.15, -0.1) is 0 Å². The van der Waals surface area contributed by atoms with Crippen LogP contribution in [0.3, 0.4) is 0 Å². The molecule has 0 aromatic carbocycles. The van der Waals surface area contributed by atoms with Gasteiger partial charge in [0.2, 0.25) is 0 Å². The van der Waals surface area contributed by atoms with Crippen LogP contribution in [0, 0.1) is 6.92 Å². The van der Waals surface area contributed by atoms with Gasteiger partial charge in [0.25, 0.3) is 0 Å². The second-order valence-corrected chi connectivity index (χ2v) is 3.84. The van der Waals surface area contributed by atoms with Gasteiger partial charge < -0.3 is 14.6 Å². The Kier molecular flexibility index (Phi) is 1.89. The number of carboxylic acid groups (broad SMARTS) is 1. The van der Waals surface area contributed by atoms with Gasteiger partial charge in [-0.1, -0.05) is 0 Å². The number of aryl methyl sites for hydroxylation is 1. The Morgan fingerprint density at radius 2 is 2.29 bits per heavy atom. The van der Waals surface area contributed by atoms with E-state index in [0.29, 0.717) is 11.3 Å². The third-order valence-corrected chi connectivity index (χ3v) is 2.95. The molecule has 0 spiro atoms. The predicted octanol–water partition coefficient (Wildman–Crippen LogP) is 1.07. The summed E-state index contributed by atoms with van der Waals surface area (Å²) < 4.78 is 5.09. The summed E-state index contributed by atoms with van der Waals surface area (Å²) in [5.41, 5.74) is -0.230. The van der Waals surface area contributed by atoms with Gasteiger partial charge in [0, 0.05) is 5.56 Å². The highest BCUT2D eigenvalue weighted by Crippen LogP contribution is 2.45. The molecule has 1 aliphatic rings. The Morgan fingerprint density at radius 1 is 1.64 bits per heavy atom. The smallest absolute Gasteiger partial charge is 0.314 e. The summed E-state index contributed by atoms with van der Waals surface area (Å²) in [5.74, 6) is -0.258. The highest BCUT2D eigenvalue weighted by molar-refractivity contribution is 5.83. The first-order chi connectivity index (χ1) is 6.56. The van der Waals surface area contributed by atoms with Gasteiger partial charge in [0.05, 0.1) is 12.4 Å². The summed E-state index contributed by atoms with van der Waals surface area (Å²) in [4.78, 5) is 11.1. The second-order valence-electron chi connectivity index (χ2n) is 3.84. The van der Waals surface area contributed by atoms with Crippen LogP contribution in [0.15, 0.2) is 16.7 Å². The lowest BCUT2D eigenvalue weighted by Crippen LogP contribution is -2.50. The Bertz CT molecular complexity index is 360. The highest BCUT2D eigenvalue weighted by atomic mass is 16.4. The van der Waals surface area contributed by atoms with Crippen LogP contribution in [0.5, 0.6) is 0 Å². The van der Waals surface area contributed by atoms with E-state index in [2.05, 4.69) is 0 Å². The lowest BCUT2D eigenvalue weighted by atomic mass is 9.63. The number of aliphatic hydroxyl groups excluding tert-OH is 1. The molecule has 0 radical (unpaired) electrons. The monoisotopic (exact) mass is 196 g/mol. The predicted molar refractivity (Wildman–Crippen MR) is 48.0 cm³/mol. The molecule has 1 aliphatic carbocycles. The molecule has 0 bridgehead atoms. The zero-order valence-electron chi connectivity index (χ0n) is 7.86. The average molecular weight is 196 g/mol. The summed E-state index contributed by atoms with van der Waals surface area (Å²) in [6.07, 6.45) is 1.55. The van der Waals surface area contributed by atoms with Crippen LogP contribution >= 0.6 is 0 Å². The quantitative estimate of drug-likeness (QED) is 0.742. The van der Waals surface area contributed by atoms with Gasteiger partial charge in [-0.05, 0) is 25.8 Å². The third-order valence-electron chi connectivity index (χ3n) is 2.95. The van der Waals surface area contributed by atoms with Crippen molar-refractivity contribution in [2.45, 2.75) is 31.3 Å². The molecule has 1 heterocycles. The van der Waals surface area contributed by atoms with Gasteiger partial charge in [-0.25, -0.2) is 0 Å². The molecule has 1 aromatic heterocycles. The lowest BCUT2D eigenvalue weighted by Gasteiger charge is -2.41. The topological polar surface area (TPSA) is 70.7 Å². The van der Waals surface area contributed by atoms with Crippen molar-refractivity contribution in [1.29, 1.82) is 0 Å². The maximum atomic E-state index is 11.1. The molecule has 2 rings (SSSR count). The molecule has 1 aromatic rings. The molecule has 0 amide bonds. The molecule has 2 N–H and O–H groups in total. The second kappa shape index (κ2) is 2.85. The van der Waals surface area contributed by atoms with E-state index in [1.165, 1.54) is 6.26 Å². The molecule has 0 atom stereocenters. The Morgan fingerprint density at radius 3 is 2.64 bits per heavy atom. The van der Waals surface area contributed by atoms with E-state index in [9.17, 15) is 9.90 Å². The standard InChI is InChI=1S/C10H12O4/c1-6-8(2-3-14-6)10(9(12)13)4-7(11)5-10/h2-3,7,11H,4-5H2,1H3,(H,12,13). The minimum Gasteiger partial charge on any atom is -0.481 e. The first kappa shape index (κ1) is 9.27. The Balaban J connectivity index is 2.39. The molecular formula is C10H12O4. The fraction of sp³-hybridized carbons (Fsp3) is 0.500. The molecule has 1 fully saturated rings. The van der Waals surface area contributed by atoms with Crippen molar-refractivity contribution in [2.75, 3.05) is 0 Å². The number of carboxylic acids is 1. The molecule has 4 heteroatoms. The van der Waals surface area contributed by atoms with Crippen molar-refractivity contribution in [3.05, 3.63) is 23.7 Å². The molecule has 4 nitrogen and oxygen atoms in total. The van der Waals surface area contributed by atoms with Crippen molar-refractivity contribution in [2.24, 2.45) is 0 Å². The van der Waals surface area contributed by atoms with Crippen LogP contribution in [0.1, 0.15) is 24.2 Å². The Labute approximate surface area is 81.2 Å². The number of carbonyl (C=O) groups is 1. The summed E-state index contributed by atoms with van der Waals surface area (Å²) >= 11 is 0. The Hall–Kier alpha value is -1.29. The number of aliphatic carboxylic acids is 1.